The van der Waals surface area contributed by atoms with Gasteiger partial charge in [-0.2, -0.15) is 0 Å². The minimum atomic E-state index is -2.01. The highest BCUT2D eigenvalue weighted by Crippen LogP contribution is 2.61. The van der Waals surface area contributed by atoms with Crippen LogP contribution in [-0.2, 0) is 4.66 Å². The molecule has 0 unspecified atom stereocenters. The van der Waals surface area contributed by atoms with Gasteiger partial charge in [0.2, 0.25) is 0 Å². The second-order valence-corrected chi connectivity index (χ2v) is 30.1. The fourth-order valence-electron chi connectivity index (χ4n) is 10.6. The molecule has 4 heteroatoms. The fraction of sp³-hybridized carbons (Fsp3) is 0.200. The number of nitrogens with zero attached hydrogens (tertiary/aromatic N) is 2. The third-order valence-electron chi connectivity index (χ3n) is 13.0. The monoisotopic (exact) mass is 800 g/mol. The van der Waals surface area contributed by atoms with Crippen molar-refractivity contribution in [1.82, 2.24) is 0 Å². The molecule has 1 aliphatic carbocycles. The summed E-state index contributed by atoms with van der Waals surface area (Å²) in [4.78, 5) is 4.82. The van der Waals surface area contributed by atoms with E-state index >= 15 is 0 Å². The SMILES string of the molecule is Cc1ccc(N(c2ccc(C)cc2)c2ccc3c4c(ccc3c2)-c2ccc3cc(N(c5ccc(C)cc5)c5ccc(C)cc5)ccc3c2C4([Si](C)(C)C)[Si](C)(C)C)cc1. The summed E-state index contributed by atoms with van der Waals surface area (Å²) < 4.78 is -0.0338. The molecule has 0 aromatic heterocycles. The van der Waals surface area contributed by atoms with Crippen LogP contribution in [0, 0.1) is 27.7 Å². The molecule has 0 heterocycles. The number of hydrogen-bond donors (Lipinski definition) is 0. The normalized spacial score (nSPS) is 13.4. The van der Waals surface area contributed by atoms with Crippen LogP contribution in [0.5, 0.6) is 0 Å². The molecular formula is C55H56N2Si2. The Morgan fingerprint density at radius 2 is 0.593 bits per heavy atom. The molecule has 0 bridgehead atoms. The van der Waals surface area contributed by atoms with Crippen LogP contribution in [0.3, 0.4) is 0 Å². The summed E-state index contributed by atoms with van der Waals surface area (Å²) in [5.41, 5.74) is 18.1. The highest BCUT2D eigenvalue weighted by atomic mass is 28.4. The van der Waals surface area contributed by atoms with Crippen LogP contribution >= 0.6 is 0 Å². The molecule has 2 nitrogen and oxygen atoms in total. The summed E-state index contributed by atoms with van der Waals surface area (Å²) in [6.45, 7) is 24.5. The van der Waals surface area contributed by atoms with Crippen molar-refractivity contribution in [2.24, 2.45) is 0 Å². The third kappa shape index (κ3) is 6.36. The van der Waals surface area contributed by atoms with E-state index in [1.807, 2.05) is 0 Å². The van der Waals surface area contributed by atoms with E-state index in [0.29, 0.717) is 0 Å². The van der Waals surface area contributed by atoms with E-state index < -0.39 is 16.1 Å². The summed E-state index contributed by atoms with van der Waals surface area (Å²) in [6, 6.07) is 60.0. The van der Waals surface area contributed by atoms with Gasteiger partial charge in [0.05, 0.1) is 16.1 Å². The van der Waals surface area contributed by atoms with E-state index in [1.165, 1.54) is 89.0 Å². The van der Waals surface area contributed by atoms with Crippen LogP contribution in [0.15, 0.2) is 158 Å². The van der Waals surface area contributed by atoms with Gasteiger partial charge in [-0.3, -0.25) is 0 Å². The van der Waals surface area contributed by atoms with Crippen LogP contribution in [0.1, 0.15) is 33.4 Å². The first-order valence-corrected chi connectivity index (χ1v) is 28.2. The molecule has 0 N–H and O–H groups in total. The van der Waals surface area contributed by atoms with Crippen molar-refractivity contribution >= 4 is 71.8 Å². The lowest BCUT2D eigenvalue weighted by molar-refractivity contribution is 0.972. The van der Waals surface area contributed by atoms with Gasteiger partial charge in [-0.05, 0) is 144 Å². The van der Waals surface area contributed by atoms with E-state index in [4.69, 9.17) is 0 Å². The molecule has 59 heavy (non-hydrogen) atoms. The smallest absolute Gasteiger partial charge is 0.0579 e. The predicted molar refractivity (Wildman–Crippen MR) is 263 cm³/mol. The predicted octanol–water partition coefficient (Wildman–Crippen LogP) is 16.2. The Balaban J connectivity index is 1.25. The zero-order chi connectivity index (χ0) is 41.4. The molecule has 8 aromatic carbocycles. The molecule has 9 rings (SSSR count). The van der Waals surface area contributed by atoms with Gasteiger partial charge in [-0.1, -0.05) is 146 Å². The van der Waals surface area contributed by atoms with Gasteiger partial charge in [0, 0.05) is 38.8 Å². The molecule has 1 aliphatic rings. The van der Waals surface area contributed by atoms with Crippen LogP contribution in [-0.4, -0.2) is 16.1 Å². The largest absolute Gasteiger partial charge is 0.310 e. The molecule has 0 spiro atoms. The minimum absolute atomic E-state index is 0.0338. The summed E-state index contributed by atoms with van der Waals surface area (Å²) >= 11 is 0. The average molecular weight is 801 g/mol. The van der Waals surface area contributed by atoms with Gasteiger partial charge in [-0.25, -0.2) is 0 Å². The van der Waals surface area contributed by atoms with Crippen molar-refractivity contribution in [2.45, 2.75) is 71.6 Å². The molecule has 0 saturated heterocycles. The Kier molecular flexibility index (Phi) is 9.37. The Bertz CT molecular complexity index is 2570. The molecule has 0 amide bonds. The maximum Gasteiger partial charge on any atom is 0.0579 e. The van der Waals surface area contributed by atoms with Crippen LogP contribution in [0.4, 0.5) is 34.1 Å². The third-order valence-corrected chi connectivity index (χ3v) is 23.0. The molecule has 8 aromatic rings. The lowest BCUT2D eigenvalue weighted by Gasteiger charge is -2.52. The van der Waals surface area contributed by atoms with Crippen molar-refractivity contribution in [2.75, 3.05) is 9.80 Å². The minimum Gasteiger partial charge on any atom is -0.310 e. The van der Waals surface area contributed by atoms with Gasteiger partial charge < -0.3 is 9.80 Å². The summed E-state index contributed by atoms with van der Waals surface area (Å²) in [7, 11) is -4.02. The first-order valence-electron chi connectivity index (χ1n) is 21.2. The molecule has 0 radical (unpaired) electrons. The van der Waals surface area contributed by atoms with Crippen LogP contribution in [0.25, 0.3) is 32.7 Å². The van der Waals surface area contributed by atoms with E-state index in [9.17, 15) is 0 Å². The second kappa shape index (κ2) is 14.3. The van der Waals surface area contributed by atoms with E-state index in [2.05, 4.69) is 235 Å². The van der Waals surface area contributed by atoms with Gasteiger partial charge in [0.25, 0.3) is 0 Å². The molecule has 0 saturated carbocycles. The standard InChI is InChI=1S/C55H56N2Si2/c1-37-11-21-43(22-12-37)56(44-23-13-38(2)14-24-44)47-29-33-49-41(35-47)19-31-51-52-32-20-42-36-48(57(45-25-15-39(3)16-26-45)46-27-17-40(4)18-28-46)30-34-50(42)54(52)55(53(49)51,58(5,6)7)59(8,9)10/h11-36H,1-10H3. The Morgan fingerprint density at radius 1 is 0.322 bits per heavy atom. The summed E-state index contributed by atoms with van der Waals surface area (Å²) in [6.07, 6.45) is 0. The number of aryl methyl sites for hydroxylation is 4. The lowest BCUT2D eigenvalue weighted by Crippen LogP contribution is -2.63. The maximum absolute atomic E-state index is 2.64. The zero-order valence-corrected chi connectivity index (χ0v) is 38.4. The van der Waals surface area contributed by atoms with Crippen molar-refractivity contribution in [1.29, 1.82) is 0 Å². The van der Waals surface area contributed by atoms with Crippen molar-refractivity contribution in [3.05, 3.63) is 191 Å². The van der Waals surface area contributed by atoms with Gasteiger partial charge in [0.1, 0.15) is 0 Å². The van der Waals surface area contributed by atoms with E-state index in [0.717, 1.165) is 0 Å². The van der Waals surface area contributed by atoms with E-state index in [1.54, 1.807) is 11.1 Å². The highest BCUT2D eigenvalue weighted by Gasteiger charge is 2.60. The topological polar surface area (TPSA) is 6.48 Å². The molecule has 0 fully saturated rings. The molecule has 294 valence electrons. The number of hydrogen-bond acceptors (Lipinski definition) is 2. The van der Waals surface area contributed by atoms with Gasteiger partial charge in [-0.15, -0.1) is 0 Å². The molecule has 0 atom stereocenters. The number of anilines is 6. The Hall–Kier alpha value is -5.69. The first-order chi connectivity index (χ1) is 28.2. The second-order valence-electron chi connectivity index (χ2n) is 19.1. The molecular weight excluding hydrogens is 745 g/mol. The fourth-order valence-corrected chi connectivity index (χ4v) is 23.7. The van der Waals surface area contributed by atoms with E-state index in [-0.39, 0.29) is 4.66 Å². The average Bonchev–Trinajstić information content (AvgIpc) is 3.54. The van der Waals surface area contributed by atoms with Gasteiger partial charge >= 0.3 is 0 Å². The van der Waals surface area contributed by atoms with Crippen LogP contribution in [0.2, 0.25) is 39.3 Å². The first kappa shape index (κ1) is 38.8. The number of benzene rings is 8. The molecule has 0 aliphatic heterocycles. The Morgan fingerprint density at radius 3 is 0.864 bits per heavy atom. The number of fused-ring (bicyclic) bond motifs is 7. The van der Waals surface area contributed by atoms with Crippen molar-refractivity contribution in [3.63, 3.8) is 0 Å². The summed E-state index contributed by atoms with van der Waals surface area (Å²) in [5, 5.41) is 5.40. The van der Waals surface area contributed by atoms with Crippen LogP contribution < -0.4 is 9.80 Å². The van der Waals surface area contributed by atoms with Gasteiger partial charge in [0.15, 0.2) is 0 Å². The Labute approximate surface area is 353 Å². The lowest BCUT2D eigenvalue weighted by atomic mass is 9.97. The van der Waals surface area contributed by atoms with Crippen molar-refractivity contribution in [3.8, 4) is 11.1 Å². The number of rotatable bonds is 8. The zero-order valence-electron chi connectivity index (χ0n) is 36.4. The highest BCUT2D eigenvalue weighted by molar-refractivity contribution is 7.00. The quantitative estimate of drug-likeness (QED) is 0.141. The maximum atomic E-state index is 2.64. The summed E-state index contributed by atoms with van der Waals surface area (Å²) in [5.74, 6) is 0. The van der Waals surface area contributed by atoms with Crippen molar-refractivity contribution < 1.29 is 0 Å².